The molecule has 2 N–H and O–H groups in total. The van der Waals surface area contributed by atoms with Crippen molar-refractivity contribution in [3.05, 3.63) is 24.0 Å². The minimum absolute atomic E-state index is 0.0944. The van der Waals surface area contributed by atoms with Gasteiger partial charge in [0.15, 0.2) is 0 Å². The lowest BCUT2D eigenvalue weighted by Crippen LogP contribution is -2.53. The maximum absolute atomic E-state index is 13.4. The Morgan fingerprint density at radius 1 is 1.23 bits per heavy atom. The smallest absolute Gasteiger partial charge is 0.455 e. The number of fused-ring (bicyclic) bond motifs is 1. The van der Waals surface area contributed by atoms with E-state index in [1.54, 1.807) is 0 Å². The van der Waals surface area contributed by atoms with Crippen LogP contribution in [0.25, 0.3) is 0 Å². The second kappa shape index (κ2) is 8.40. The summed E-state index contributed by atoms with van der Waals surface area (Å²) in [6.07, 6.45) is -5.87. The van der Waals surface area contributed by atoms with Crippen LogP contribution in [0.4, 0.5) is 32.0 Å². The summed E-state index contributed by atoms with van der Waals surface area (Å²) in [5, 5.41) is 3.54. The molecular weight excluding hydrogens is 424 g/mol. The highest BCUT2D eigenvalue weighted by Gasteiger charge is 2.57. The highest BCUT2D eigenvalue weighted by atomic mass is 19.4. The molecule has 0 aliphatic carbocycles. The number of ether oxygens (including phenoxy) is 1. The lowest BCUT2D eigenvalue weighted by molar-refractivity contribution is -0.278. The van der Waals surface area contributed by atoms with Gasteiger partial charge >= 0.3 is 12.1 Å². The topological polar surface area (TPSA) is 87.7 Å². The van der Waals surface area contributed by atoms with Gasteiger partial charge in [-0.25, -0.2) is 4.39 Å². The Morgan fingerprint density at radius 3 is 2.47 bits per heavy atom. The predicted molar refractivity (Wildman–Crippen MR) is 90.4 cm³/mol. The van der Waals surface area contributed by atoms with Gasteiger partial charge in [0.05, 0.1) is 12.2 Å². The normalized spacial score (nSPS) is 18.1. The first-order valence-electron chi connectivity index (χ1n) is 8.47. The van der Waals surface area contributed by atoms with Crippen LogP contribution in [0, 0.1) is 11.7 Å². The number of hydrogen-bond acceptors (Lipinski definition) is 4. The summed E-state index contributed by atoms with van der Waals surface area (Å²) < 4.78 is 81.0. The molecule has 1 heterocycles. The van der Waals surface area contributed by atoms with Crippen molar-refractivity contribution in [2.24, 2.45) is 5.92 Å². The number of halogens is 6. The number of nitrogens with zero attached hydrogens (tertiary/aromatic N) is 1. The number of nitrogens with one attached hydrogen (secondary N) is 2. The quantitative estimate of drug-likeness (QED) is 0.537. The van der Waals surface area contributed by atoms with E-state index in [1.165, 1.54) is 18.4 Å². The molecular formula is C17H17F6N3O4. The summed E-state index contributed by atoms with van der Waals surface area (Å²) in [6, 6.07) is 2.09. The zero-order valence-electron chi connectivity index (χ0n) is 15.6. The number of carbonyl (C=O) groups is 3. The molecule has 166 valence electrons. The van der Waals surface area contributed by atoms with E-state index in [9.17, 15) is 40.7 Å². The van der Waals surface area contributed by atoms with Crippen LogP contribution in [0.15, 0.2) is 18.2 Å². The van der Waals surface area contributed by atoms with Gasteiger partial charge in [-0.1, -0.05) is 0 Å². The van der Waals surface area contributed by atoms with Crippen molar-refractivity contribution < 1.29 is 45.5 Å². The molecule has 0 radical (unpaired) electrons. The number of likely N-dealkylation sites (N-methyl/N-ethyl adjacent to an activating group) is 1. The molecule has 7 nitrogen and oxygen atoms in total. The number of anilines is 1. The Balaban J connectivity index is 2.01. The van der Waals surface area contributed by atoms with Crippen molar-refractivity contribution in [1.82, 2.24) is 10.6 Å². The van der Waals surface area contributed by atoms with Crippen molar-refractivity contribution in [3.63, 3.8) is 0 Å². The van der Waals surface area contributed by atoms with Crippen LogP contribution in [0.5, 0.6) is 5.75 Å². The standard InChI is InChI=1S/C17H17F6N3O4/c1-8(13(27)24-7-16(19,20)17(21,22)23)14(28)25-10-6-30-12-4-3-9(18)5-11(12)26(2)15(10)29/h3-5,8,10H,6-7H2,1-2H3,(H,24,27)(H,25,28). The van der Waals surface area contributed by atoms with Crippen LogP contribution in [0.2, 0.25) is 0 Å². The molecule has 0 fully saturated rings. The van der Waals surface area contributed by atoms with Crippen LogP contribution in [-0.2, 0) is 14.4 Å². The van der Waals surface area contributed by atoms with Crippen LogP contribution < -0.4 is 20.3 Å². The molecule has 1 aromatic carbocycles. The molecule has 2 unspecified atom stereocenters. The van der Waals surface area contributed by atoms with E-state index in [0.717, 1.165) is 24.0 Å². The van der Waals surface area contributed by atoms with E-state index in [0.29, 0.717) is 0 Å². The van der Waals surface area contributed by atoms with Crippen LogP contribution >= 0.6 is 0 Å². The molecule has 3 amide bonds. The Kier molecular flexibility index (Phi) is 6.52. The Hall–Kier alpha value is -2.99. The first-order chi connectivity index (χ1) is 13.7. The first-order valence-corrected chi connectivity index (χ1v) is 8.47. The van der Waals surface area contributed by atoms with Crippen molar-refractivity contribution >= 4 is 23.4 Å². The highest BCUT2D eigenvalue weighted by molar-refractivity contribution is 6.04. The van der Waals surface area contributed by atoms with E-state index in [-0.39, 0.29) is 18.0 Å². The summed E-state index contributed by atoms with van der Waals surface area (Å²) in [5.74, 6) is -10.6. The average molecular weight is 441 g/mol. The maximum Gasteiger partial charge on any atom is 0.455 e. The summed E-state index contributed by atoms with van der Waals surface area (Å²) in [4.78, 5) is 37.5. The van der Waals surface area contributed by atoms with Gasteiger partial charge in [0.2, 0.25) is 11.8 Å². The number of alkyl halides is 5. The lowest BCUT2D eigenvalue weighted by atomic mass is 10.1. The molecule has 13 heteroatoms. The van der Waals surface area contributed by atoms with Gasteiger partial charge in [0.1, 0.15) is 30.1 Å². The predicted octanol–water partition coefficient (Wildman–Crippen LogP) is 1.62. The van der Waals surface area contributed by atoms with E-state index in [4.69, 9.17) is 4.74 Å². The zero-order chi connectivity index (χ0) is 22.9. The number of amides is 3. The van der Waals surface area contributed by atoms with E-state index < -0.39 is 54.1 Å². The molecule has 2 atom stereocenters. The summed E-state index contributed by atoms with van der Waals surface area (Å²) in [6.45, 7) is -1.46. The highest BCUT2D eigenvalue weighted by Crippen LogP contribution is 2.34. The average Bonchev–Trinajstić information content (AvgIpc) is 2.77. The van der Waals surface area contributed by atoms with Gasteiger partial charge in [-0.15, -0.1) is 0 Å². The molecule has 0 saturated carbocycles. The van der Waals surface area contributed by atoms with Gasteiger partial charge in [-0.2, -0.15) is 22.0 Å². The van der Waals surface area contributed by atoms with Gasteiger partial charge in [0, 0.05) is 13.1 Å². The molecule has 0 saturated heterocycles. The molecule has 2 rings (SSSR count). The van der Waals surface area contributed by atoms with Crippen molar-refractivity contribution in [2.45, 2.75) is 25.1 Å². The third-order valence-electron chi connectivity index (χ3n) is 4.32. The van der Waals surface area contributed by atoms with Gasteiger partial charge in [0.25, 0.3) is 5.91 Å². The Labute approximate surface area is 166 Å². The third kappa shape index (κ3) is 4.94. The summed E-state index contributed by atoms with van der Waals surface area (Å²) in [5.41, 5.74) is 0.0944. The van der Waals surface area contributed by atoms with E-state index >= 15 is 0 Å². The molecule has 30 heavy (non-hydrogen) atoms. The number of benzene rings is 1. The minimum atomic E-state index is -5.87. The second-order valence-electron chi connectivity index (χ2n) is 6.52. The first kappa shape index (κ1) is 23.3. The fraction of sp³-hybridized carbons (Fsp3) is 0.471. The fourth-order valence-electron chi connectivity index (χ4n) is 2.44. The molecule has 1 aliphatic rings. The monoisotopic (exact) mass is 441 g/mol. The van der Waals surface area contributed by atoms with E-state index in [2.05, 4.69) is 5.32 Å². The maximum atomic E-state index is 13.4. The summed E-state index contributed by atoms with van der Waals surface area (Å²) >= 11 is 0. The van der Waals surface area contributed by atoms with Gasteiger partial charge < -0.3 is 20.3 Å². The molecule has 0 bridgehead atoms. The molecule has 1 aromatic rings. The number of carbonyl (C=O) groups excluding carboxylic acids is 3. The van der Waals surface area contributed by atoms with Crippen molar-refractivity contribution in [2.75, 3.05) is 25.1 Å². The molecule has 1 aliphatic heterocycles. The van der Waals surface area contributed by atoms with Gasteiger partial charge in [-0.05, 0) is 19.1 Å². The Bertz CT molecular complexity index is 845. The Morgan fingerprint density at radius 2 is 1.87 bits per heavy atom. The van der Waals surface area contributed by atoms with Crippen molar-refractivity contribution in [3.8, 4) is 5.75 Å². The van der Waals surface area contributed by atoms with Crippen LogP contribution in [-0.4, -0.2) is 56.1 Å². The lowest BCUT2D eigenvalue weighted by Gasteiger charge is -2.23. The molecule has 0 aromatic heterocycles. The SMILES string of the molecule is CC(C(=O)NCC(F)(F)C(F)(F)F)C(=O)NC1COc2ccc(F)cc2N(C)C1=O. The summed E-state index contributed by atoms with van der Waals surface area (Å²) in [7, 11) is 1.30. The number of rotatable bonds is 5. The van der Waals surface area contributed by atoms with E-state index in [1.807, 2.05) is 0 Å². The number of hydrogen-bond donors (Lipinski definition) is 2. The van der Waals surface area contributed by atoms with Crippen molar-refractivity contribution in [1.29, 1.82) is 0 Å². The van der Waals surface area contributed by atoms with Crippen LogP contribution in [0.1, 0.15) is 6.92 Å². The fourth-order valence-corrected chi connectivity index (χ4v) is 2.44. The second-order valence-corrected chi connectivity index (χ2v) is 6.52. The molecule has 0 spiro atoms. The minimum Gasteiger partial charge on any atom is -0.489 e. The van der Waals surface area contributed by atoms with Gasteiger partial charge in [-0.3, -0.25) is 14.4 Å². The zero-order valence-corrected chi connectivity index (χ0v) is 15.6. The largest absolute Gasteiger partial charge is 0.489 e. The third-order valence-corrected chi connectivity index (χ3v) is 4.32. The van der Waals surface area contributed by atoms with Crippen LogP contribution in [0.3, 0.4) is 0 Å².